The molecule has 0 aliphatic heterocycles. The van der Waals surface area contributed by atoms with Crippen LogP contribution in [-0.2, 0) is 24.1 Å². The molecule has 3 nitrogen and oxygen atoms in total. The van der Waals surface area contributed by atoms with Crippen molar-refractivity contribution in [3.05, 3.63) is 58.9 Å². The number of fused-ring (bicyclic) bond motifs is 1. The van der Waals surface area contributed by atoms with E-state index in [1.54, 1.807) is 0 Å². The van der Waals surface area contributed by atoms with Crippen LogP contribution in [0.15, 0.2) is 36.4 Å². The summed E-state index contributed by atoms with van der Waals surface area (Å²) in [6, 6.07) is 12.3. The van der Waals surface area contributed by atoms with Gasteiger partial charge in [0.15, 0.2) is 0 Å². The fourth-order valence-electron chi connectivity index (χ4n) is 2.92. The van der Waals surface area contributed by atoms with Gasteiger partial charge in [-0.25, -0.2) is 4.79 Å². The third kappa shape index (κ3) is 2.36. The molecule has 0 atom stereocenters. The van der Waals surface area contributed by atoms with Gasteiger partial charge in [0.25, 0.3) is 0 Å². The number of hydrogen-bond acceptors (Lipinski definition) is 2. The average Bonchev–Trinajstić information content (AvgIpc) is 3.03. The molecule has 1 aromatic carbocycles. The summed E-state index contributed by atoms with van der Waals surface area (Å²) in [4.78, 5) is 12.1. The first-order valence-corrected chi connectivity index (χ1v) is 7.22. The summed E-state index contributed by atoms with van der Waals surface area (Å²) in [5.41, 5.74) is 4.52. The summed E-state index contributed by atoms with van der Waals surface area (Å²) < 4.78 is 7.32. The smallest absolute Gasteiger partial charge is 0.354 e. The zero-order valence-corrected chi connectivity index (χ0v) is 11.8. The minimum Gasteiger partial charge on any atom is -0.461 e. The number of carbonyl (C=O) groups is 1. The normalized spacial score (nSPS) is 13.2. The van der Waals surface area contributed by atoms with E-state index in [0.29, 0.717) is 12.3 Å². The lowest BCUT2D eigenvalue weighted by Crippen LogP contribution is -2.14. The van der Waals surface area contributed by atoms with Gasteiger partial charge < -0.3 is 9.30 Å². The Morgan fingerprint density at radius 1 is 1.25 bits per heavy atom. The molecule has 1 aliphatic carbocycles. The lowest BCUT2D eigenvalue weighted by atomic mass is 10.2. The number of esters is 1. The van der Waals surface area contributed by atoms with Crippen molar-refractivity contribution in [3.8, 4) is 0 Å². The average molecular weight is 269 g/mol. The van der Waals surface area contributed by atoms with Crippen molar-refractivity contribution in [3.63, 3.8) is 0 Å². The number of carbonyl (C=O) groups excluding carboxylic acids is 1. The van der Waals surface area contributed by atoms with E-state index >= 15 is 0 Å². The summed E-state index contributed by atoms with van der Waals surface area (Å²) >= 11 is 0. The Labute approximate surface area is 119 Å². The monoisotopic (exact) mass is 269 g/mol. The van der Waals surface area contributed by atoms with Crippen LogP contribution in [0.25, 0.3) is 0 Å². The molecular weight excluding hydrogens is 250 g/mol. The Hall–Kier alpha value is -2.03. The Morgan fingerprint density at radius 3 is 2.80 bits per heavy atom. The van der Waals surface area contributed by atoms with Crippen LogP contribution in [0.1, 0.15) is 40.7 Å². The fourth-order valence-corrected chi connectivity index (χ4v) is 2.92. The van der Waals surface area contributed by atoms with Crippen molar-refractivity contribution >= 4 is 5.97 Å². The Kier molecular flexibility index (Phi) is 3.59. The molecule has 3 rings (SSSR count). The van der Waals surface area contributed by atoms with Crippen LogP contribution >= 0.6 is 0 Å². The highest BCUT2D eigenvalue weighted by Gasteiger charge is 2.23. The Morgan fingerprint density at radius 2 is 2.05 bits per heavy atom. The first-order valence-electron chi connectivity index (χ1n) is 7.22. The predicted octanol–water partition coefficient (Wildman–Crippen LogP) is 3.20. The molecule has 0 saturated carbocycles. The molecule has 0 saturated heterocycles. The SMILES string of the molecule is CCOC(=O)c1cc2c(n1Cc1ccccc1)CCC2. The summed E-state index contributed by atoms with van der Waals surface area (Å²) in [5, 5.41) is 0. The highest BCUT2D eigenvalue weighted by Crippen LogP contribution is 2.27. The number of aryl methyl sites for hydroxylation is 1. The maximum atomic E-state index is 12.1. The Bertz CT molecular complexity index is 613. The fraction of sp³-hybridized carbons (Fsp3) is 0.353. The molecule has 0 amide bonds. The summed E-state index contributed by atoms with van der Waals surface area (Å²) in [7, 11) is 0. The van der Waals surface area contributed by atoms with Crippen LogP contribution in [-0.4, -0.2) is 17.1 Å². The molecule has 0 spiro atoms. The van der Waals surface area contributed by atoms with Gasteiger partial charge in [-0.15, -0.1) is 0 Å². The van der Waals surface area contributed by atoms with Crippen molar-refractivity contribution in [1.29, 1.82) is 0 Å². The standard InChI is InChI=1S/C17H19NO2/c1-2-20-17(19)16-11-14-9-6-10-15(14)18(16)12-13-7-4-3-5-8-13/h3-5,7-8,11H,2,6,9-10,12H2,1H3. The van der Waals surface area contributed by atoms with Crippen LogP contribution in [0.5, 0.6) is 0 Å². The van der Waals surface area contributed by atoms with Gasteiger partial charge in [0.2, 0.25) is 0 Å². The molecular formula is C17H19NO2. The number of aromatic nitrogens is 1. The van der Waals surface area contributed by atoms with Crippen LogP contribution in [0.3, 0.4) is 0 Å². The first-order chi connectivity index (χ1) is 9.79. The minimum absolute atomic E-state index is 0.210. The summed E-state index contributed by atoms with van der Waals surface area (Å²) in [6.45, 7) is 3.00. The van der Waals surface area contributed by atoms with Gasteiger partial charge in [-0.2, -0.15) is 0 Å². The second-order valence-electron chi connectivity index (χ2n) is 5.15. The van der Waals surface area contributed by atoms with Gasteiger partial charge in [0, 0.05) is 12.2 Å². The molecule has 1 aromatic heterocycles. The number of nitrogens with zero attached hydrogens (tertiary/aromatic N) is 1. The molecule has 2 aromatic rings. The zero-order valence-electron chi connectivity index (χ0n) is 11.8. The van der Waals surface area contributed by atoms with Gasteiger partial charge in [-0.05, 0) is 43.4 Å². The number of rotatable bonds is 4. The third-order valence-electron chi connectivity index (χ3n) is 3.83. The zero-order chi connectivity index (χ0) is 13.9. The number of benzene rings is 1. The van der Waals surface area contributed by atoms with Crippen molar-refractivity contribution in [2.75, 3.05) is 6.61 Å². The van der Waals surface area contributed by atoms with E-state index in [1.807, 2.05) is 31.2 Å². The Balaban J connectivity index is 1.97. The quantitative estimate of drug-likeness (QED) is 0.798. The van der Waals surface area contributed by atoms with E-state index in [-0.39, 0.29) is 5.97 Å². The first kappa shape index (κ1) is 13.0. The molecule has 1 aliphatic rings. The van der Waals surface area contributed by atoms with Crippen molar-refractivity contribution in [2.24, 2.45) is 0 Å². The molecule has 0 fully saturated rings. The maximum absolute atomic E-state index is 12.1. The van der Waals surface area contributed by atoms with E-state index in [2.05, 4.69) is 16.7 Å². The molecule has 0 radical (unpaired) electrons. The lowest BCUT2D eigenvalue weighted by Gasteiger charge is -2.12. The predicted molar refractivity (Wildman–Crippen MR) is 78.0 cm³/mol. The second-order valence-corrected chi connectivity index (χ2v) is 5.15. The van der Waals surface area contributed by atoms with E-state index in [1.165, 1.54) is 23.2 Å². The molecule has 0 N–H and O–H groups in total. The van der Waals surface area contributed by atoms with Gasteiger partial charge >= 0.3 is 5.97 Å². The third-order valence-corrected chi connectivity index (χ3v) is 3.83. The highest BCUT2D eigenvalue weighted by molar-refractivity contribution is 5.88. The van der Waals surface area contributed by atoms with Crippen LogP contribution in [0.2, 0.25) is 0 Å². The topological polar surface area (TPSA) is 31.2 Å². The maximum Gasteiger partial charge on any atom is 0.354 e. The van der Waals surface area contributed by atoms with E-state index in [0.717, 1.165) is 19.4 Å². The van der Waals surface area contributed by atoms with E-state index < -0.39 is 0 Å². The molecule has 3 heteroatoms. The molecule has 20 heavy (non-hydrogen) atoms. The van der Waals surface area contributed by atoms with Gasteiger partial charge in [0.05, 0.1) is 6.61 Å². The molecule has 0 unspecified atom stereocenters. The highest BCUT2D eigenvalue weighted by atomic mass is 16.5. The van der Waals surface area contributed by atoms with Crippen molar-refractivity contribution in [2.45, 2.75) is 32.7 Å². The van der Waals surface area contributed by atoms with Gasteiger partial charge in [0.1, 0.15) is 5.69 Å². The molecule has 0 bridgehead atoms. The van der Waals surface area contributed by atoms with E-state index in [4.69, 9.17) is 4.74 Å². The van der Waals surface area contributed by atoms with Gasteiger partial charge in [-0.3, -0.25) is 0 Å². The van der Waals surface area contributed by atoms with Gasteiger partial charge in [-0.1, -0.05) is 30.3 Å². The van der Waals surface area contributed by atoms with Crippen LogP contribution in [0, 0.1) is 0 Å². The van der Waals surface area contributed by atoms with Crippen molar-refractivity contribution in [1.82, 2.24) is 4.57 Å². The van der Waals surface area contributed by atoms with E-state index in [9.17, 15) is 4.79 Å². The second kappa shape index (κ2) is 5.53. The number of ether oxygens (including phenoxy) is 1. The molecule has 104 valence electrons. The minimum atomic E-state index is -0.210. The van der Waals surface area contributed by atoms with Crippen molar-refractivity contribution < 1.29 is 9.53 Å². The summed E-state index contributed by atoms with van der Waals surface area (Å²) in [5.74, 6) is -0.210. The molecule has 1 heterocycles. The number of hydrogen-bond donors (Lipinski definition) is 0. The van der Waals surface area contributed by atoms with Crippen LogP contribution < -0.4 is 0 Å². The summed E-state index contributed by atoms with van der Waals surface area (Å²) in [6.07, 6.45) is 3.31. The van der Waals surface area contributed by atoms with Crippen LogP contribution in [0.4, 0.5) is 0 Å². The largest absolute Gasteiger partial charge is 0.461 e. The lowest BCUT2D eigenvalue weighted by molar-refractivity contribution is 0.0514.